The molecule has 1 aromatic rings. The summed E-state index contributed by atoms with van der Waals surface area (Å²) in [5.41, 5.74) is -0.872. The lowest BCUT2D eigenvalue weighted by molar-refractivity contribution is -0.141. The normalized spacial score (nSPS) is 12.6. The van der Waals surface area contributed by atoms with Crippen molar-refractivity contribution in [2.24, 2.45) is 0 Å². The van der Waals surface area contributed by atoms with Crippen molar-refractivity contribution < 1.29 is 13.2 Å². The molecular weight excluding hydrogens is 255 g/mol. The van der Waals surface area contributed by atoms with Gasteiger partial charge in [-0.15, -0.1) is 0 Å². The fourth-order valence-corrected chi connectivity index (χ4v) is 1.51. The first-order valence-corrected chi connectivity index (χ1v) is 6.10. The highest BCUT2D eigenvalue weighted by Crippen LogP contribution is 2.28. The molecule has 3 nitrogen and oxygen atoms in total. The molecule has 0 amide bonds. The van der Waals surface area contributed by atoms with E-state index in [0.717, 1.165) is 6.07 Å². The second kappa shape index (κ2) is 5.77. The van der Waals surface area contributed by atoms with E-state index in [4.69, 9.17) is 0 Å². The van der Waals surface area contributed by atoms with Crippen molar-refractivity contribution in [1.29, 1.82) is 0 Å². The zero-order valence-electron chi connectivity index (χ0n) is 11.7. The van der Waals surface area contributed by atoms with Crippen molar-refractivity contribution in [2.45, 2.75) is 32.5 Å². The van der Waals surface area contributed by atoms with Gasteiger partial charge in [-0.25, -0.2) is 4.98 Å². The van der Waals surface area contributed by atoms with Crippen molar-refractivity contribution in [3.05, 3.63) is 23.9 Å². The van der Waals surface area contributed by atoms with Crippen LogP contribution in [-0.4, -0.2) is 30.7 Å². The summed E-state index contributed by atoms with van der Waals surface area (Å²) in [6.45, 7) is 7.38. The van der Waals surface area contributed by atoms with Crippen LogP contribution in [0.15, 0.2) is 18.2 Å². The van der Waals surface area contributed by atoms with Gasteiger partial charge in [-0.3, -0.25) is 0 Å². The van der Waals surface area contributed by atoms with E-state index in [2.05, 4.69) is 10.3 Å². The quantitative estimate of drug-likeness (QED) is 0.915. The molecule has 6 heteroatoms. The van der Waals surface area contributed by atoms with Gasteiger partial charge in [0, 0.05) is 25.7 Å². The molecular formula is C13H20F3N3. The molecule has 19 heavy (non-hydrogen) atoms. The average molecular weight is 275 g/mol. The second-order valence-corrected chi connectivity index (χ2v) is 5.48. The van der Waals surface area contributed by atoms with Gasteiger partial charge >= 0.3 is 6.18 Å². The van der Waals surface area contributed by atoms with Crippen LogP contribution in [0.2, 0.25) is 0 Å². The van der Waals surface area contributed by atoms with Crippen LogP contribution in [0.5, 0.6) is 0 Å². The fraction of sp³-hybridized carbons (Fsp3) is 0.615. The lowest BCUT2D eigenvalue weighted by Gasteiger charge is -2.24. The summed E-state index contributed by atoms with van der Waals surface area (Å²) in [5.74, 6) is 0.325. The van der Waals surface area contributed by atoms with E-state index in [1.807, 2.05) is 20.8 Å². The number of hydrogen-bond acceptors (Lipinski definition) is 3. The van der Waals surface area contributed by atoms with E-state index in [9.17, 15) is 13.2 Å². The van der Waals surface area contributed by atoms with E-state index in [1.54, 1.807) is 18.0 Å². The summed E-state index contributed by atoms with van der Waals surface area (Å²) in [7, 11) is 1.73. The first kappa shape index (κ1) is 15.8. The molecule has 0 spiro atoms. The minimum absolute atomic E-state index is 0.0118. The van der Waals surface area contributed by atoms with E-state index >= 15 is 0 Å². The van der Waals surface area contributed by atoms with Crippen molar-refractivity contribution >= 4 is 5.82 Å². The molecule has 0 atom stereocenters. The topological polar surface area (TPSA) is 28.2 Å². The smallest absolute Gasteiger partial charge is 0.358 e. The zero-order valence-corrected chi connectivity index (χ0v) is 11.7. The number of likely N-dealkylation sites (N-methyl/N-ethyl adjacent to an activating group) is 1. The largest absolute Gasteiger partial charge is 0.433 e. The van der Waals surface area contributed by atoms with Crippen LogP contribution in [0, 0.1) is 0 Å². The number of rotatable bonds is 4. The van der Waals surface area contributed by atoms with Crippen LogP contribution >= 0.6 is 0 Å². The molecule has 0 fully saturated rings. The maximum atomic E-state index is 12.5. The molecule has 0 bridgehead atoms. The van der Waals surface area contributed by atoms with Crippen molar-refractivity contribution in [2.75, 3.05) is 25.0 Å². The Balaban J connectivity index is 2.65. The number of halogens is 3. The molecule has 1 rings (SSSR count). The number of pyridine rings is 1. The number of hydrogen-bond donors (Lipinski definition) is 1. The summed E-state index contributed by atoms with van der Waals surface area (Å²) < 4.78 is 37.6. The van der Waals surface area contributed by atoms with Gasteiger partial charge in [0.15, 0.2) is 0 Å². The molecule has 0 aliphatic heterocycles. The number of nitrogens with one attached hydrogen (secondary N) is 1. The Hall–Kier alpha value is -1.30. The number of anilines is 1. The van der Waals surface area contributed by atoms with Crippen LogP contribution in [-0.2, 0) is 6.18 Å². The lowest BCUT2D eigenvalue weighted by Crippen LogP contribution is -2.40. The summed E-state index contributed by atoms with van der Waals surface area (Å²) in [6, 6.07) is 3.93. The Labute approximate surface area is 111 Å². The third kappa shape index (κ3) is 5.46. The highest BCUT2D eigenvalue weighted by atomic mass is 19.4. The molecule has 108 valence electrons. The SMILES string of the molecule is CN(CCNC(C)(C)C)c1cccc(C(F)(F)F)n1. The first-order chi connectivity index (χ1) is 8.59. The summed E-state index contributed by atoms with van der Waals surface area (Å²) in [4.78, 5) is 5.33. The minimum Gasteiger partial charge on any atom is -0.358 e. The summed E-state index contributed by atoms with van der Waals surface area (Å²) in [6.07, 6.45) is -4.40. The van der Waals surface area contributed by atoms with Crippen LogP contribution in [0.1, 0.15) is 26.5 Å². The van der Waals surface area contributed by atoms with Gasteiger partial charge in [0.1, 0.15) is 11.5 Å². The lowest BCUT2D eigenvalue weighted by atomic mass is 10.1. The Kier molecular flexibility index (Phi) is 4.79. The van der Waals surface area contributed by atoms with E-state index in [1.165, 1.54) is 6.07 Å². The maximum Gasteiger partial charge on any atom is 0.433 e. The predicted molar refractivity (Wildman–Crippen MR) is 70.3 cm³/mol. The molecule has 0 saturated heterocycles. The van der Waals surface area contributed by atoms with Gasteiger partial charge in [-0.05, 0) is 32.9 Å². The van der Waals surface area contributed by atoms with Gasteiger partial charge in [0.2, 0.25) is 0 Å². The standard InChI is InChI=1S/C13H20F3N3/c1-12(2,3)17-8-9-19(4)11-7-5-6-10(18-11)13(14,15)16/h5-7,17H,8-9H2,1-4H3. The third-order valence-corrected chi connectivity index (χ3v) is 2.52. The molecule has 0 aromatic carbocycles. The van der Waals surface area contributed by atoms with Gasteiger partial charge in [0.05, 0.1) is 0 Å². The predicted octanol–water partition coefficient (Wildman–Crippen LogP) is 2.92. The molecule has 0 aliphatic rings. The van der Waals surface area contributed by atoms with Crippen molar-refractivity contribution in [3.63, 3.8) is 0 Å². The highest BCUT2D eigenvalue weighted by Gasteiger charge is 2.32. The minimum atomic E-state index is -4.40. The van der Waals surface area contributed by atoms with Gasteiger partial charge in [-0.1, -0.05) is 6.07 Å². The molecule has 0 aliphatic carbocycles. The molecule has 0 saturated carbocycles. The Morgan fingerprint density at radius 3 is 2.37 bits per heavy atom. The average Bonchev–Trinajstić information content (AvgIpc) is 2.26. The molecule has 1 heterocycles. The van der Waals surface area contributed by atoms with Gasteiger partial charge in [0.25, 0.3) is 0 Å². The van der Waals surface area contributed by atoms with Crippen LogP contribution in [0.3, 0.4) is 0 Å². The van der Waals surface area contributed by atoms with Crippen molar-refractivity contribution in [1.82, 2.24) is 10.3 Å². The van der Waals surface area contributed by atoms with Crippen molar-refractivity contribution in [3.8, 4) is 0 Å². The van der Waals surface area contributed by atoms with E-state index < -0.39 is 11.9 Å². The highest BCUT2D eigenvalue weighted by molar-refractivity contribution is 5.38. The second-order valence-electron chi connectivity index (χ2n) is 5.48. The molecule has 1 aromatic heterocycles. The van der Waals surface area contributed by atoms with E-state index in [-0.39, 0.29) is 5.54 Å². The fourth-order valence-electron chi connectivity index (χ4n) is 1.51. The maximum absolute atomic E-state index is 12.5. The molecule has 1 N–H and O–H groups in total. The molecule has 0 radical (unpaired) electrons. The first-order valence-electron chi connectivity index (χ1n) is 6.10. The summed E-state index contributed by atoms with van der Waals surface area (Å²) >= 11 is 0. The van der Waals surface area contributed by atoms with Crippen LogP contribution in [0.25, 0.3) is 0 Å². The Morgan fingerprint density at radius 2 is 1.84 bits per heavy atom. The zero-order chi connectivity index (χ0) is 14.7. The van der Waals surface area contributed by atoms with Crippen LogP contribution < -0.4 is 10.2 Å². The number of nitrogens with zero attached hydrogens (tertiary/aromatic N) is 2. The Bertz CT molecular complexity index is 410. The van der Waals surface area contributed by atoms with Gasteiger partial charge in [-0.2, -0.15) is 13.2 Å². The molecule has 0 unspecified atom stereocenters. The van der Waals surface area contributed by atoms with E-state index in [0.29, 0.717) is 18.9 Å². The number of alkyl halides is 3. The van der Waals surface area contributed by atoms with Gasteiger partial charge < -0.3 is 10.2 Å². The third-order valence-electron chi connectivity index (χ3n) is 2.52. The monoisotopic (exact) mass is 275 g/mol. The summed E-state index contributed by atoms with van der Waals surface area (Å²) in [5, 5.41) is 3.28. The Morgan fingerprint density at radius 1 is 1.21 bits per heavy atom. The van der Waals surface area contributed by atoms with Crippen LogP contribution in [0.4, 0.5) is 19.0 Å². The number of aromatic nitrogens is 1.